The van der Waals surface area contributed by atoms with E-state index in [0.717, 1.165) is 5.56 Å². The van der Waals surface area contributed by atoms with Crippen molar-refractivity contribution in [1.29, 1.82) is 0 Å². The van der Waals surface area contributed by atoms with Gasteiger partial charge < -0.3 is 10.5 Å². The lowest BCUT2D eigenvalue weighted by atomic mass is 9.89. The molecule has 1 aromatic rings. The van der Waals surface area contributed by atoms with Gasteiger partial charge in [-0.15, -0.1) is 0 Å². The summed E-state index contributed by atoms with van der Waals surface area (Å²) in [5.41, 5.74) is 6.56. The second kappa shape index (κ2) is 3.58. The van der Waals surface area contributed by atoms with Crippen LogP contribution in [0.1, 0.15) is 18.4 Å². The van der Waals surface area contributed by atoms with Crippen molar-refractivity contribution in [1.82, 2.24) is 0 Å². The first kappa shape index (κ1) is 9.46. The molecule has 3 heteroatoms. The zero-order valence-electron chi connectivity index (χ0n) is 8.16. The van der Waals surface area contributed by atoms with Gasteiger partial charge in [-0.2, -0.15) is 0 Å². The van der Waals surface area contributed by atoms with Gasteiger partial charge in [0.1, 0.15) is 0 Å². The Bertz CT molecular complexity index is 340. The van der Waals surface area contributed by atoms with Crippen LogP contribution >= 0.6 is 0 Å². The molecule has 2 nitrogen and oxygen atoms in total. The molecule has 0 fully saturated rings. The third kappa shape index (κ3) is 1.38. The normalized spacial score (nSPS) is 21.5. The summed E-state index contributed by atoms with van der Waals surface area (Å²) in [6, 6.07) is 5.07. The van der Waals surface area contributed by atoms with Crippen molar-refractivity contribution in [2.24, 2.45) is 11.7 Å². The highest BCUT2D eigenvalue weighted by Gasteiger charge is 2.29. The Balaban J connectivity index is 2.35. The molecule has 2 N–H and O–H groups in total. The van der Waals surface area contributed by atoms with Gasteiger partial charge in [0.15, 0.2) is 11.6 Å². The smallest absolute Gasteiger partial charge is 0.165 e. The van der Waals surface area contributed by atoms with Crippen LogP contribution in [-0.4, -0.2) is 13.2 Å². The molecule has 1 aliphatic heterocycles. The predicted octanol–water partition coefficient (Wildman–Crippen LogP) is 1.90. The maximum atomic E-state index is 13.3. The average Bonchev–Trinajstić information content (AvgIpc) is 2.62. The SMILES string of the molecule is CC(CN)C1COc2c(F)cccc21. The molecule has 2 unspecified atom stereocenters. The fourth-order valence-electron chi connectivity index (χ4n) is 1.87. The molecule has 0 bridgehead atoms. The molecule has 14 heavy (non-hydrogen) atoms. The molecule has 0 spiro atoms. The van der Waals surface area contributed by atoms with E-state index in [0.29, 0.717) is 24.8 Å². The minimum absolute atomic E-state index is 0.241. The molecule has 0 aliphatic carbocycles. The summed E-state index contributed by atoms with van der Waals surface area (Å²) >= 11 is 0. The number of rotatable bonds is 2. The highest BCUT2D eigenvalue weighted by atomic mass is 19.1. The van der Waals surface area contributed by atoms with E-state index in [-0.39, 0.29) is 11.7 Å². The topological polar surface area (TPSA) is 35.2 Å². The van der Waals surface area contributed by atoms with Crippen molar-refractivity contribution < 1.29 is 9.13 Å². The van der Waals surface area contributed by atoms with Gasteiger partial charge in [0.2, 0.25) is 0 Å². The van der Waals surface area contributed by atoms with Crippen molar-refractivity contribution in [3.63, 3.8) is 0 Å². The minimum atomic E-state index is -0.269. The summed E-state index contributed by atoms with van der Waals surface area (Å²) in [5, 5.41) is 0. The molecule has 0 aromatic heterocycles. The lowest BCUT2D eigenvalue weighted by Gasteiger charge is -2.15. The van der Waals surface area contributed by atoms with E-state index in [1.54, 1.807) is 6.07 Å². The molecule has 2 rings (SSSR count). The predicted molar refractivity (Wildman–Crippen MR) is 52.9 cm³/mol. The van der Waals surface area contributed by atoms with E-state index in [2.05, 4.69) is 6.92 Å². The average molecular weight is 195 g/mol. The molecule has 2 atom stereocenters. The number of hydrogen-bond donors (Lipinski definition) is 1. The Hall–Kier alpha value is -1.09. The summed E-state index contributed by atoms with van der Waals surface area (Å²) in [7, 11) is 0. The Morgan fingerprint density at radius 1 is 1.64 bits per heavy atom. The molecule has 1 heterocycles. The summed E-state index contributed by atoms with van der Waals surface area (Å²) in [6.45, 7) is 3.21. The zero-order chi connectivity index (χ0) is 10.1. The van der Waals surface area contributed by atoms with E-state index in [1.807, 2.05) is 6.07 Å². The minimum Gasteiger partial charge on any atom is -0.490 e. The highest BCUT2D eigenvalue weighted by molar-refractivity contribution is 5.41. The number of halogens is 1. The van der Waals surface area contributed by atoms with E-state index in [4.69, 9.17) is 10.5 Å². The number of ether oxygens (including phenoxy) is 1. The van der Waals surface area contributed by atoms with Crippen LogP contribution in [0, 0.1) is 11.7 Å². The van der Waals surface area contributed by atoms with Crippen LogP contribution in [-0.2, 0) is 0 Å². The summed E-state index contributed by atoms with van der Waals surface area (Å²) in [6.07, 6.45) is 0. The van der Waals surface area contributed by atoms with Gasteiger partial charge in [-0.1, -0.05) is 19.1 Å². The molecule has 1 aliphatic rings. The molecular weight excluding hydrogens is 181 g/mol. The standard InChI is InChI=1S/C11H14FNO/c1-7(5-13)9-6-14-11-8(9)3-2-4-10(11)12/h2-4,7,9H,5-6,13H2,1H3. The first-order chi connectivity index (χ1) is 6.74. The first-order valence-electron chi connectivity index (χ1n) is 4.85. The molecule has 0 radical (unpaired) electrons. The quantitative estimate of drug-likeness (QED) is 0.782. The van der Waals surface area contributed by atoms with Crippen molar-refractivity contribution in [3.05, 3.63) is 29.6 Å². The summed E-state index contributed by atoms with van der Waals surface area (Å²) in [5.74, 6) is 0.718. The second-order valence-electron chi connectivity index (χ2n) is 3.79. The van der Waals surface area contributed by atoms with Gasteiger partial charge in [0.05, 0.1) is 6.61 Å². The van der Waals surface area contributed by atoms with Crippen molar-refractivity contribution in [2.75, 3.05) is 13.2 Å². The van der Waals surface area contributed by atoms with Gasteiger partial charge in [0, 0.05) is 11.5 Å². The molecule has 76 valence electrons. The van der Waals surface area contributed by atoms with Crippen LogP contribution in [0.3, 0.4) is 0 Å². The fraction of sp³-hybridized carbons (Fsp3) is 0.455. The van der Waals surface area contributed by atoms with Crippen molar-refractivity contribution in [3.8, 4) is 5.75 Å². The maximum absolute atomic E-state index is 13.3. The van der Waals surface area contributed by atoms with Crippen LogP contribution in [0.4, 0.5) is 4.39 Å². The lowest BCUT2D eigenvalue weighted by molar-refractivity contribution is 0.290. The maximum Gasteiger partial charge on any atom is 0.165 e. The number of fused-ring (bicyclic) bond motifs is 1. The van der Waals surface area contributed by atoms with Gasteiger partial charge in [-0.05, 0) is 18.5 Å². The van der Waals surface area contributed by atoms with Crippen molar-refractivity contribution >= 4 is 0 Å². The largest absolute Gasteiger partial charge is 0.490 e. The summed E-state index contributed by atoms with van der Waals surface area (Å²) in [4.78, 5) is 0. The van der Waals surface area contributed by atoms with E-state index >= 15 is 0 Å². The van der Waals surface area contributed by atoms with E-state index in [9.17, 15) is 4.39 Å². The van der Waals surface area contributed by atoms with Gasteiger partial charge in [-0.3, -0.25) is 0 Å². The number of para-hydroxylation sites is 1. The Morgan fingerprint density at radius 2 is 2.43 bits per heavy atom. The third-order valence-electron chi connectivity index (χ3n) is 2.86. The molecule has 0 amide bonds. The first-order valence-corrected chi connectivity index (χ1v) is 4.85. The number of benzene rings is 1. The monoisotopic (exact) mass is 195 g/mol. The van der Waals surface area contributed by atoms with Crippen LogP contribution in [0.25, 0.3) is 0 Å². The molecular formula is C11H14FNO. The van der Waals surface area contributed by atoms with Crippen molar-refractivity contribution in [2.45, 2.75) is 12.8 Å². The molecule has 0 saturated carbocycles. The van der Waals surface area contributed by atoms with E-state index < -0.39 is 0 Å². The number of nitrogens with two attached hydrogens (primary N) is 1. The second-order valence-corrected chi connectivity index (χ2v) is 3.79. The summed E-state index contributed by atoms with van der Waals surface area (Å²) < 4.78 is 18.6. The molecule has 0 saturated heterocycles. The zero-order valence-corrected chi connectivity index (χ0v) is 8.16. The van der Waals surface area contributed by atoms with Gasteiger partial charge in [-0.25, -0.2) is 4.39 Å². The Kier molecular flexibility index (Phi) is 2.42. The Labute approximate surface area is 82.9 Å². The van der Waals surface area contributed by atoms with Gasteiger partial charge >= 0.3 is 0 Å². The van der Waals surface area contributed by atoms with Crippen LogP contribution < -0.4 is 10.5 Å². The van der Waals surface area contributed by atoms with E-state index in [1.165, 1.54) is 6.07 Å². The van der Waals surface area contributed by atoms with Crippen LogP contribution in [0.15, 0.2) is 18.2 Å². The van der Waals surface area contributed by atoms with Gasteiger partial charge in [0.25, 0.3) is 0 Å². The fourth-order valence-corrected chi connectivity index (χ4v) is 1.87. The lowest BCUT2D eigenvalue weighted by Crippen LogP contribution is -2.20. The third-order valence-corrected chi connectivity index (χ3v) is 2.86. The number of hydrogen-bond acceptors (Lipinski definition) is 2. The highest BCUT2D eigenvalue weighted by Crippen LogP contribution is 2.39. The molecule has 1 aromatic carbocycles. The van der Waals surface area contributed by atoms with Crippen LogP contribution in [0.2, 0.25) is 0 Å². The Morgan fingerprint density at radius 3 is 3.14 bits per heavy atom. The van der Waals surface area contributed by atoms with Crippen LogP contribution in [0.5, 0.6) is 5.75 Å².